The molecule has 9 atom stereocenters. The van der Waals surface area contributed by atoms with Gasteiger partial charge in [0.05, 0.1) is 11.0 Å². The van der Waals surface area contributed by atoms with Crippen molar-refractivity contribution < 1.29 is 48.0 Å². The highest BCUT2D eigenvalue weighted by Crippen LogP contribution is 2.65. The Kier molecular flexibility index (Phi) is 6.16. The number of carbonyl (C=O) groups is 4. The lowest BCUT2D eigenvalue weighted by Gasteiger charge is -2.55. The van der Waals surface area contributed by atoms with Crippen molar-refractivity contribution in [1.29, 1.82) is 0 Å². The molecule has 2 saturated heterocycles. The molecule has 0 saturated carbocycles. The summed E-state index contributed by atoms with van der Waals surface area (Å²) in [6.07, 6.45) is 1.63. The highest BCUT2D eigenvalue weighted by Gasteiger charge is 2.87. The first-order chi connectivity index (χ1) is 16.6. The first-order valence-electron chi connectivity index (χ1n) is 12.1. The summed E-state index contributed by atoms with van der Waals surface area (Å²) in [5.74, 6) is -3.44. The molecule has 1 N–H and O–H groups in total. The Labute approximate surface area is 209 Å². The maximum absolute atomic E-state index is 12.9. The third-order valence-electron chi connectivity index (χ3n) is 8.19. The number of hydrogen-bond donors (Lipinski definition) is 1. The minimum Gasteiger partial charge on any atom is -0.462 e. The Balaban J connectivity index is 2.02. The van der Waals surface area contributed by atoms with Gasteiger partial charge in [0.1, 0.15) is 18.3 Å². The fourth-order valence-electron chi connectivity index (χ4n) is 6.55. The van der Waals surface area contributed by atoms with Gasteiger partial charge in [-0.05, 0) is 45.8 Å². The maximum atomic E-state index is 12.9. The average Bonchev–Trinajstić information content (AvgIpc) is 3.32. The minimum absolute atomic E-state index is 0.315. The summed E-state index contributed by atoms with van der Waals surface area (Å²) in [5, 5.41) is 11.8. The van der Waals surface area contributed by atoms with Crippen LogP contribution in [0.5, 0.6) is 0 Å². The van der Waals surface area contributed by atoms with E-state index in [2.05, 4.69) is 0 Å². The molecule has 2 heterocycles. The van der Waals surface area contributed by atoms with Gasteiger partial charge >= 0.3 is 23.9 Å². The zero-order valence-electron chi connectivity index (χ0n) is 21.7. The monoisotopic (exact) mass is 506 g/mol. The van der Waals surface area contributed by atoms with Crippen molar-refractivity contribution in [2.75, 3.05) is 0 Å². The van der Waals surface area contributed by atoms with Crippen LogP contribution in [0.15, 0.2) is 23.8 Å². The van der Waals surface area contributed by atoms with Crippen LogP contribution in [-0.4, -0.2) is 70.2 Å². The molecule has 1 spiro atoms. The van der Waals surface area contributed by atoms with Gasteiger partial charge in [-0.15, -0.1) is 0 Å². The largest absolute Gasteiger partial charge is 0.462 e. The highest BCUT2D eigenvalue weighted by atomic mass is 16.7. The van der Waals surface area contributed by atoms with Crippen LogP contribution in [0.4, 0.5) is 0 Å². The van der Waals surface area contributed by atoms with Crippen LogP contribution < -0.4 is 0 Å². The molecule has 36 heavy (non-hydrogen) atoms. The van der Waals surface area contributed by atoms with Crippen molar-refractivity contribution in [3.63, 3.8) is 0 Å². The summed E-state index contributed by atoms with van der Waals surface area (Å²) in [6, 6.07) is 0. The van der Waals surface area contributed by atoms with E-state index in [0.29, 0.717) is 12.8 Å². The molecule has 0 unspecified atom stereocenters. The standard InChI is InChI=1S/C26H34O10/c1-13-8-9-17(32-14(2)27)24(6)18(33-15(3)28)10-11-23(5,31)20(24)21(34-16(4)29)26-19(12-13)35-22(30)25(26,7)36-26/h10-12,17-21,31H,8-9H2,1-7H3/b13-12-/t17-,18-,19-,20-,21+,23+,24-,25-,26-/m0/s1. The third-order valence-corrected chi connectivity index (χ3v) is 8.19. The molecule has 0 aromatic heterocycles. The molecule has 198 valence electrons. The quantitative estimate of drug-likeness (QED) is 0.261. The fourth-order valence-corrected chi connectivity index (χ4v) is 6.55. The maximum Gasteiger partial charge on any atom is 0.342 e. The van der Waals surface area contributed by atoms with E-state index in [1.54, 1.807) is 26.0 Å². The fraction of sp³-hybridized carbons (Fsp3) is 0.692. The Morgan fingerprint density at radius 2 is 1.64 bits per heavy atom. The molecule has 2 fully saturated rings. The molecular weight excluding hydrogens is 472 g/mol. The zero-order valence-corrected chi connectivity index (χ0v) is 21.7. The third kappa shape index (κ3) is 3.76. The number of ether oxygens (including phenoxy) is 5. The summed E-state index contributed by atoms with van der Waals surface area (Å²) < 4.78 is 29.2. The lowest BCUT2D eigenvalue weighted by Crippen LogP contribution is -2.67. The number of aliphatic hydroxyl groups is 1. The van der Waals surface area contributed by atoms with E-state index in [9.17, 15) is 24.3 Å². The summed E-state index contributed by atoms with van der Waals surface area (Å²) in [4.78, 5) is 49.8. The van der Waals surface area contributed by atoms with E-state index in [0.717, 1.165) is 5.57 Å². The second-order valence-electron chi connectivity index (χ2n) is 10.9. The minimum atomic E-state index is -1.65. The van der Waals surface area contributed by atoms with Crippen molar-refractivity contribution in [3.05, 3.63) is 23.8 Å². The van der Waals surface area contributed by atoms with Gasteiger partial charge in [0.2, 0.25) is 0 Å². The molecule has 0 radical (unpaired) electrons. The van der Waals surface area contributed by atoms with Crippen molar-refractivity contribution >= 4 is 23.9 Å². The number of esters is 4. The molecule has 2 aliphatic heterocycles. The van der Waals surface area contributed by atoms with Gasteiger partial charge < -0.3 is 28.8 Å². The molecule has 4 rings (SSSR count). The van der Waals surface area contributed by atoms with Crippen LogP contribution in [0.2, 0.25) is 0 Å². The van der Waals surface area contributed by atoms with Gasteiger partial charge in [0.25, 0.3) is 0 Å². The molecule has 0 aromatic carbocycles. The molecule has 10 nitrogen and oxygen atoms in total. The number of rotatable bonds is 3. The van der Waals surface area contributed by atoms with Crippen molar-refractivity contribution in [3.8, 4) is 0 Å². The molecule has 4 aliphatic rings. The van der Waals surface area contributed by atoms with Gasteiger partial charge in [-0.1, -0.05) is 18.6 Å². The van der Waals surface area contributed by atoms with E-state index in [1.807, 2.05) is 6.92 Å². The topological polar surface area (TPSA) is 138 Å². The lowest BCUT2D eigenvalue weighted by molar-refractivity contribution is -0.220. The number of epoxide rings is 1. The van der Waals surface area contributed by atoms with E-state index < -0.39 is 76.4 Å². The van der Waals surface area contributed by atoms with Gasteiger partial charge in [0, 0.05) is 26.7 Å². The van der Waals surface area contributed by atoms with Crippen molar-refractivity contribution in [1.82, 2.24) is 0 Å². The Morgan fingerprint density at radius 1 is 1.03 bits per heavy atom. The van der Waals surface area contributed by atoms with Gasteiger partial charge in [-0.25, -0.2) is 4.79 Å². The first-order valence-corrected chi connectivity index (χ1v) is 12.1. The molecule has 10 heteroatoms. The van der Waals surface area contributed by atoms with Crippen LogP contribution in [0.25, 0.3) is 0 Å². The van der Waals surface area contributed by atoms with Crippen LogP contribution in [0, 0.1) is 11.3 Å². The Hall–Kier alpha value is -2.72. The van der Waals surface area contributed by atoms with Gasteiger partial charge in [-0.3, -0.25) is 14.4 Å². The lowest BCUT2D eigenvalue weighted by atomic mass is 9.54. The van der Waals surface area contributed by atoms with Crippen LogP contribution in [-0.2, 0) is 42.9 Å². The molecular formula is C26H34O10. The predicted octanol–water partition coefficient (Wildman–Crippen LogP) is 1.92. The van der Waals surface area contributed by atoms with Gasteiger partial charge in [-0.2, -0.15) is 0 Å². The second kappa shape index (κ2) is 8.41. The zero-order chi connectivity index (χ0) is 26.8. The number of allylic oxidation sites excluding steroid dienone is 1. The first kappa shape index (κ1) is 26.3. The van der Waals surface area contributed by atoms with E-state index in [4.69, 9.17) is 23.7 Å². The summed E-state index contributed by atoms with van der Waals surface area (Å²) >= 11 is 0. The number of hydrogen-bond acceptors (Lipinski definition) is 10. The summed E-state index contributed by atoms with van der Waals surface area (Å²) in [7, 11) is 0. The predicted molar refractivity (Wildman–Crippen MR) is 123 cm³/mol. The molecule has 2 aliphatic carbocycles. The van der Waals surface area contributed by atoms with Gasteiger partial charge in [0.15, 0.2) is 17.3 Å². The average molecular weight is 507 g/mol. The van der Waals surface area contributed by atoms with Crippen molar-refractivity contribution in [2.24, 2.45) is 11.3 Å². The van der Waals surface area contributed by atoms with E-state index in [1.165, 1.54) is 33.8 Å². The van der Waals surface area contributed by atoms with E-state index in [-0.39, 0.29) is 0 Å². The number of fused-ring (bicyclic) bond motifs is 1. The van der Waals surface area contributed by atoms with E-state index >= 15 is 0 Å². The SMILES string of the molecule is CC(=O)O[C@H]1C=C[C@@](C)(O)[C@@H]2[C@@H](OC(C)=O)[C@]34O[C@@]3(C)C(=O)O[C@H]4/C=C(/C)CC[C@H](OC(C)=O)[C@@]12C. The number of carbonyl (C=O) groups excluding carboxylic acids is 4. The van der Waals surface area contributed by atoms with Crippen LogP contribution in [0.1, 0.15) is 61.3 Å². The van der Waals surface area contributed by atoms with Crippen LogP contribution >= 0.6 is 0 Å². The highest BCUT2D eigenvalue weighted by molar-refractivity contribution is 5.89. The Morgan fingerprint density at radius 3 is 2.19 bits per heavy atom. The summed E-state index contributed by atoms with van der Waals surface area (Å²) in [5.41, 5.74) is -4.99. The van der Waals surface area contributed by atoms with Crippen LogP contribution in [0.3, 0.4) is 0 Å². The smallest absolute Gasteiger partial charge is 0.342 e. The normalized spacial score (nSPS) is 46.6. The van der Waals surface area contributed by atoms with Crippen molar-refractivity contribution in [2.45, 2.75) is 103 Å². The second-order valence-corrected chi connectivity index (χ2v) is 10.9. The molecule has 0 bridgehead atoms. The Bertz CT molecular complexity index is 1060. The molecule has 0 amide bonds. The summed E-state index contributed by atoms with van der Waals surface area (Å²) in [6.45, 7) is 10.5. The molecule has 0 aromatic rings.